The molecule has 0 aliphatic carbocycles. The normalized spacial score (nSPS) is 19.0. The van der Waals surface area contributed by atoms with Gasteiger partial charge in [0.2, 0.25) is 0 Å². The van der Waals surface area contributed by atoms with Crippen molar-refractivity contribution in [3.63, 3.8) is 0 Å². The molecule has 1 amide bonds. The Morgan fingerprint density at radius 2 is 1.92 bits per heavy atom. The zero-order valence-corrected chi connectivity index (χ0v) is 21.4. The number of nitriles is 1. The van der Waals surface area contributed by atoms with E-state index in [-0.39, 0.29) is 24.3 Å². The molecule has 4 rings (SSSR count). The Morgan fingerprint density at radius 3 is 2.56 bits per heavy atom. The summed E-state index contributed by atoms with van der Waals surface area (Å²) < 4.78 is 5.50. The SMILES string of the molecule is CC(C)(C)OC(=O)N1CCC(c2ccc(Nc3nc(N4CCCC(CO)C4)cnc3C#N)cc2)CC1. The van der Waals surface area contributed by atoms with Crippen LogP contribution in [-0.4, -0.2) is 64.5 Å². The third kappa shape index (κ3) is 6.43. The number of likely N-dealkylation sites (tertiary alicyclic amines) is 1. The van der Waals surface area contributed by atoms with Crippen LogP contribution in [0.2, 0.25) is 0 Å². The lowest BCUT2D eigenvalue weighted by Crippen LogP contribution is -2.41. The zero-order chi connectivity index (χ0) is 25.7. The number of nitrogens with one attached hydrogen (secondary N) is 1. The molecule has 0 bridgehead atoms. The molecular formula is C27H36N6O3. The predicted octanol–water partition coefficient (Wildman–Crippen LogP) is 4.42. The molecule has 2 N–H and O–H groups in total. The number of aromatic nitrogens is 2. The van der Waals surface area contributed by atoms with Gasteiger partial charge in [-0.1, -0.05) is 12.1 Å². The molecule has 1 unspecified atom stereocenters. The van der Waals surface area contributed by atoms with E-state index in [2.05, 4.69) is 33.4 Å². The first-order valence-electron chi connectivity index (χ1n) is 12.7. The van der Waals surface area contributed by atoms with Crippen molar-refractivity contribution >= 4 is 23.4 Å². The van der Waals surface area contributed by atoms with E-state index >= 15 is 0 Å². The highest BCUT2D eigenvalue weighted by molar-refractivity contribution is 5.68. The van der Waals surface area contributed by atoms with Crippen molar-refractivity contribution in [3.8, 4) is 6.07 Å². The molecule has 2 fully saturated rings. The standard InChI is InChI=1S/C27H36N6O3/c1-27(2,3)36-26(35)32-13-10-21(11-14-32)20-6-8-22(9-7-20)30-25-23(15-28)29-16-24(31-25)33-12-4-5-19(17-33)18-34/h6-9,16,19,21,34H,4-5,10-14,17-18H2,1-3H3,(H,30,31). The van der Waals surface area contributed by atoms with E-state index in [1.54, 1.807) is 11.1 Å². The lowest BCUT2D eigenvalue weighted by Gasteiger charge is -2.33. The fourth-order valence-corrected chi connectivity index (χ4v) is 4.82. The molecular weight excluding hydrogens is 456 g/mol. The van der Waals surface area contributed by atoms with E-state index < -0.39 is 5.60 Å². The maximum absolute atomic E-state index is 12.3. The molecule has 2 aromatic rings. The van der Waals surface area contributed by atoms with Gasteiger partial charge in [-0.3, -0.25) is 0 Å². The van der Waals surface area contributed by atoms with Crippen LogP contribution in [-0.2, 0) is 4.74 Å². The summed E-state index contributed by atoms with van der Waals surface area (Å²) in [6.45, 7) is 8.77. The largest absolute Gasteiger partial charge is 0.444 e. The Labute approximate surface area is 213 Å². The van der Waals surface area contributed by atoms with Crippen molar-refractivity contribution in [2.75, 3.05) is 43.0 Å². The highest BCUT2D eigenvalue weighted by Gasteiger charge is 2.27. The van der Waals surface area contributed by atoms with Gasteiger partial charge in [0, 0.05) is 38.5 Å². The summed E-state index contributed by atoms with van der Waals surface area (Å²) in [5, 5.41) is 22.3. The van der Waals surface area contributed by atoms with Gasteiger partial charge in [-0.25, -0.2) is 14.8 Å². The predicted molar refractivity (Wildman–Crippen MR) is 138 cm³/mol. The van der Waals surface area contributed by atoms with Gasteiger partial charge in [-0.2, -0.15) is 5.26 Å². The number of rotatable bonds is 5. The molecule has 0 spiro atoms. The van der Waals surface area contributed by atoms with Gasteiger partial charge in [0.15, 0.2) is 11.5 Å². The summed E-state index contributed by atoms with van der Waals surface area (Å²) in [4.78, 5) is 25.3. The number of aliphatic hydroxyl groups is 1. The number of amides is 1. The topological polar surface area (TPSA) is 115 Å². The summed E-state index contributed by atoms with van der Waals surface area (Å²) in [5.74, 6) is 1.76. The third-order valence-corrected chi connectivity index (χ3v) is 6.76. The average Bonchev–Trinajstić information content (AvgIpc) is 2.88. The van der Waals surface area contributed by atoms with Gasteiger partial charge in [0.05, 0.1) is 6.20 Å². The molecule has 1 aromatic heterocycles. The summed E-state index contributed by atoms with van der Waals surface area (Å²) in [6, 6.07) is 10.3. The van der Waals surface area contributed by atoms with Crippen LogP contribution in [0.15, 0.2) is 30.5 Å². The van der Waals surface area contributed by atoms with Crippen LogP contribution in [0.3, 0.4) is 0 Å². The number of anilines is 3. The Hall–Kier alpha value is -3.38. The third-order valence-electron chi connectivity index (χ3n) is 6.76. The molecule has 3 heterocycles. The number of carbonyl (C=O) groups is 1. The molecule has 192 valence electrons. The van der Waals surface area contributed by atoms with E-state index in [1.165, 1.54) is 5.56 Å². The Balaban J connectivity index is 1.39. The monoisotopic (exact) mass is 492 g/mol. The minimum Gasteiger partial charge on any atom is -0.444 e. The van der Waals surface area contributed by atoms with Crippen molar-refractivity contribution in [1.82, 2.24) is 14.9 Å². The second kappa shape index (κ2) is 11.1. The first-order chi connectivity index (χ1) is 17.3. The van der Waals surface area contributed by atoms with Crippen molar-refractivity contribution < 1.29 is 14.6 Å². The summed E-state index contributed by atoms with van der Waals surface area (Å²) in [7, 11) is 0. The highest BCUT2D eigenvalue weighted by Crippen LogP contribution is 2.30. The Kier molecular flexibility index (Phi) is 7.94. The van der Waals surface area contributed by atoms with Crippen molar-refractivity contribution in [2.45, 2.75) is 58.0 Å². The van der Waals surface area contributed by atoms with Crippen LogP contribution in [0.5, 0.6) is 0 Å². The fraction of sp³-hybridized carbons (Fsp3) is 0.556. The molecule has 9 nitrogen and oxygen atoms in total. The van der Waals surface area contributed by atoms with Gasteiger partial charge in [0.25, 0.3) is 0 Å². The number of carbonyl (C=O) groups excluding carboxylic acids is 1. The van der Waals surface area contributed by atoms with Crippen molar-refractivity contribution in [3.05, 3.63) is 41.7 Å². The average molecular weight is 493 g/mol. The first-order valence-corrected chi connectivity index (χ1v) is 12.7. The zero-order valence-electron chi connectivity index (χ0n) is 21.4. The second-order valence-electron chi connectivity index (χ2n) is 10.7. The Morgan fingerprint density at radius 1 is 1.19 bits per heavy atom. The molecule has 0 saturated carbocycles. The molecule has 0 radical (unpaired) electrons. The number of nitrogens with zero attached hydrogens (tertiary/aromatic N) is 5. The molecule has 2 aliphatic rings. The molecule has 2 saturated heterocycles. The quantitative estimate of drug-likeness (QED) is 0.631. The van der Waals surface area contributed by atoms with Gasteiger partial charge in [-0.15, -0.1) is 0 Å². The smallest absolute Gasteiger partial charge is 0.410 e. The Bertz CT molecular complexity index is 1080. The number of benzene rings is 1. The van der Waals surface area contributed by atoms with E-state index in [9.17, 15) is 15.2 Å². The summed E-state index contributed by atoms with van der Waals surface area (Å²) in [5.41, 5.74) is 1.82. The molecule has 2 aliphatic heterocycles. The van der Waals surface area contributed by atoms with Crippen molar-refractivity contribution in [2.24, 2.45) is 5.92 Å². The number of hydrogen-bond donors (Lipinski definition) is 2. The minimum absolute atomic E-state index is 0.164. The fourth-order valence-electron chi connectivity index (χ4n) is 4.82. The number of ether oxygens (including phenoxy) is 1. The maximum Gasteiger partial charge on any atom is 0.410 e. The number of piperidine rings is 2. The lowest BCUT2D eigenvalue weighted by molar-refractivity contribution is 0.0205. The van der Waals surface area contributed by atoms with Crippen LogP contribution in [0.1, 0.15) is 63.6 Å². The maximum atomic E-state index is 12.3. The summed E-state index contributed by atoms with van der Waals surface area (Å²) in [6.07, 6.45) is 5.18. The van der Waals surface area contributed by atoms with Crippen LogP contribution < -0.4 is 10.2 Å². The molecule has 9 heteroatoms. The summed E-state index contributed by atoms with van der Waals surface area (Å²) >= 11 is 0. The van der Waals surface area contributed by atoms with Gasteiger partial charge >= 0.3 is 6.09 Å². The van der Waals surface area contributed by atoms with E-state index in [1.807, 2.05) is 32.9 Å². The van der Waals surface area contributed by atoms with Crippen LogP contribution in [0.4, 0.5) is 22.1 Å². The van der Waals surface area contributed by atoms with E-state index in [0.717, 1.165) is 44.5 Å². The van der Waals surface area contributed by atoms with Crippen molar-refractivity contribution in [1.29, 1.82) is 5.26 Å². The molecule has 36 heavy (non-hydrogen) atoms. The number of aliphatic hydroxyl groups excluding tert-OH is 1. The number of hydrogen-bond acceptors (Lipinski definition) is 8. The van der Waals surface area contributed by atoms with E-state index in [4.69, 9.17) is 9.72 Å². The van der Waals surface area contributed by atoms with E-state index in [0.29, 0.717) is 30.6 Å². The van der Waals surface area contributed by atoms with Gasteiger partial charge in [0.1, 0.15) is 17.5 Å². The van der Waals surface area contributed by atoms with Crippen LogP contribution in [0.25, 0.3) is 0 Å². The lowest BCUT2D eigenvalue weighted by atomic mass is 9.89. The highest BCUT2D eigenvalue weighted by atomic mass is 16.6. The molecule has 1 atom stereocenters. The van der Waals surface area contributed by atoms with Gasteiger partial charge in [-0.05, 0) is 76.0 Å². The van der Waals surface area contributed by atoms with Gasteiger partial charge < -0.3 is 25.0 Å². The van der Waals surface area contributed by atoms with Crippen LogP contribution >= 0.6 is 0 Å². The minimum atomic E-state index is -0.484. The van der Waals surface area contributed by atoms with Crippen LogP contribution in [0, 0.1) is 17.2 Å². The first kappa shape index (κ1) is 25.7. The second-order valence-corrected chi connectivity index (χ2v) is 10.7. The molecule has 1 aromatic carbocycles.